The Bertz CT molecular complexity index is 775. The number of benzene rings is 1. The minimum atomic E-state index is -4.81. The van der Waals surface area contributed by atoms with Crippen LogP contribution in [0, 0.1) is 5.82 Å². The molecule has 2 rings (SSSR count). The highest BCUT2D eigenvalue weighted by Crippen LogP contribution is 2.21. The summed E-state index contributed by atoms with van der Waals surface area (Å²) in [4.78, 5) is 24.6. The second kappa shape index (κ2) is 9.79. The van der Waals surface area contributed by atoms with Crippen molar-refractivity contribution in [3.8, 4) is 5.75 Å². The number of nitrogens with zero attached hydrogens (tertiary/aromatic N) is 1. The molecule has 1 fully saturated rings. The maximum atomic E-state index is 13.3. The number of carbonyl (C=O) groups is 2. The fourth-order valence-electron chi connectivity index (χ4n) is 2.31. The van der Waals surface area contributed by atoms with Crippen LogP contribution in [0.15, 0.2) is 30.5 Å². The third kappa shape index (κ3) is 7.78. The fraction of sp³-hybridized carbons (Fsp3) is 0.412. The molecular weight excluding hydrogens is 424 g/mol. The van der Waals surface area contributed by atoms with Gasteiger partial charge < -0.3 is 19.7 Å². The number of nitrogens with one attached hydrogen (secondary N) is 1. The lowest BCUT2D eigenvalue weighted by molar-refractivity contribution is -0.329. The summed E-state index contributed by atoms with van der Waals surface area (Å²) in [7, 11) is 0. The number of ether oxygens (including phenoxy) is 3. The van der Waals surface area contributed by atoms with E-state index in [9.17, 15) is 27.2 Å². The zero-order chi connectivity index (χ0) is 21.6. The lowest BCUT2D eigenvalue weighted by Crippen LogP contribution is -2.32. The van der Waals surface area contributed by atoms with Gasteiger partial charge in [-0.25, -0.2) is 9.18 Å². The van der Waals surface area contributed by atoms with E-state index in [4.69, 9.17) is 21.1 Å². The van der Waals surface area contributed by atoms with E-state index in [-0.39, 0.29) is 36.0 Å². The van der Waals surface area contributed by atoms with Gasteiger partial charge >= 0.3 is 12.5 Å². The van der Waals surface area contributed by atoms with Gasteiger partial charge in [-0.2, -0.15) is 0 Å². The lowest BCUT2D eigenvalue weighted by Gasteiger charge is -2.15. The summed E-state index contributed by atoms with van der Waals surface area (Å²) in [5.74, 6) is -1.14. The number of rotatable bonds is 9. The van der Waals surface area contributed by atoms with Gasteiger partial charge in [0.25, 0.3) is 5.91 Å². The first-order valence-corrected chi connectivity index (χ1v) is 8.63. The van der Waals surface area contributed by atoms with Gasteiger partial charge in [0, 0.05) is 24.7 Å². The Morgan fingerprint density at radius 3 is 2.79 bits per heavy atom. The Labute approximate surface area is 168 Å². The van der Waals surface area contributed by atoms with Gasteiger partial charge in [0.15, 0.2) is 6.61 Å². The first-order valence-electron chi connectivity index (χ1n) is 8.25. The quantitative estimate of drug-likeness (QED) is 0.597. The van der Waals surface area contributed by atoms with Crippen LogP contribution in [0.1, 0.15) is 6.42 Å². The summed E-state index contributed by atoms with van der Waals surface area (Å²) in [6.07, 6.45) is -6.49. The molecule has 1 unspecified atom stereocenters. The van der Waals surface area contributed by atoms with Crippen molar-refractivity contribution in [3.05, 3.63) is 41.3 Å². The molecule has 0 bridgehead atoms. The van der Waals surface area contributed by atoms with Crippen molar-refractivity contribution >= 4 is 23.6 Å². The predicted octanol–water partition coefficient (Wildman–Crippen LogP) is 3.24. The molecule has 7 nitrogen and oxygen atoms in total. The molecule has 160 valence electrons. The molecule has 0 aromatic heterocycles. The number of hydrogen-bond acceptors (Lipinski definition) is 5. The highest BCUT2D eigenvalue weighted by molar-refractivity contribution is 6.30. The van der Waals surface area contributed by atoms with Crippen LogP contribution in [0.4, 0.5) is 22.4 Å². The maximum Gasteiger partial charge on any atom is 0.522 e. The Hall–Kier alpha value is -2.53. The van der Waals surface area contributed by atoms with Gasteiger partial charge in [-0.1, -0.05) is 18.2 Å². The third-order valence-corrected chi connectivity index (χ3v) is 3.95. The highest BCUT2D eigenvalue weighted by Gasteiger charge is 2.36. The Morgan fingerprint density at radius 2 is 2.14 bits per heavy atom. The Kier molecular flexibility index (Phi) is 7.68. The molecule has 0 spiro atoms. The number of cyclic esters (lactones) is 1. The highest BCUT2D eigenvalue weighted by atomic mass is 35.5. The number of halogens is 5. The first-order chi connectivity index (χ1) is 13.5. The second-order valence-corrected chi connectivity index (χ2v) is 6.38. The molecule has 12 heteroatoms. The van der Waals surface area contributed by atoms with Crippen LogP contribution in [0.3, 0.4) is 0 Å². The SMILES string of the molecule is C=C(CCN1CC(COC(F)(F)F)OC1=O)NC(=O)COc1ccc(Cl)c(F)c1. The average molecular weight is 441 g/mol. The zero-order valence-electron chi connectivity index (χ0n) is 14.9. The molecule has 1 N–H and O–H groups in total. The van der Waals surface area contributed by atoms with Crippen molar-refractivity contribution in [1.82, 2.24) is 10.2 Å². The maximum absolute atomic E-state index is 13.3. The summed E-state index contributed by atoms with van der Waals surface area (Å²) >= 11 is 5.54. The fourth-order valence-corrected chi connectivity index (χ4v) is 2.43. The average Bonchev–Trinajstić information content (AvgIpc) is 2.98. The van der Waals surface area contributed by atoms with Gasteiger partial charge in [-0.3, -0.25) is 9.53 Å². The van der Waals surface area contributed by atoms with E-state index in [0.717, 1.165) is 6.07 Å². The third-order valence-electron chi connectivity index (χ3n) is 3.64. The summed E-state index contributed by atoms with van der Waals surface area (Å²) in [6.45, 7) is 2.41. The normalized spacial score (nSPS) is 16.5. The van der Waals surface area contributed by atoms with Crippen LogP contribution in [-0.4, -0.2) is 55.7 Å². The molecule has 0 saturated carbocycles. The predicted molar refractivity (Wildman–Crippen MR) is 92.7 cm³/mol. The van der Waals surface area contributed by atoms with Crippen molar-refractivity contribution in [1.29, 1.82) is 0 Å². The van der Waals surface area contributed by atoms with Gasteiger partial charge in [-0.15, -0.1) is 13.2 Å². The van der Waals surface area contributed by atoms with E-state index in [1.165, 1.54) is 17.0 Å². The van der Waals surface area contributed by atoms with Crippen LogP contribution in [0.25, 0.3) is 0 Å². The molecular formula is C17H17ClF4N2O5. The van der Waals surface area contributed by atoms with Crippen LogP contribution in [0.2, 0.25) is 5.02 Å². The Morgan fingerprint density at radius 1 is 1.41 bits per heavy atom. The smallest absolute Gasteiger partial charge is 0.484 e. The van der Waals surface area contributed by atoms with Gasteiger partial charge in [0.05, 0.1) is 18.2 Å². The molecule has 1 aliphatic rings. The number of amides is 2. The molecule has 1 aromatic rings. The molecule has 1 atom stereocenters. The van der Waals surface area contributed by atoms with Gasteiger partial charge in [-0.05, 0) is 12.1 Å². The van der Waals surface area contributed by atoms with E-state index in [1.807, 2.05) is 0 Å². The van der Waals surface area contributed by atoms with E-state index < -0.39 is 43.5 Å². The topological polar surface area (TPSA) is 77.1 Å². The van der Waals surface area contributed by atoms with Crippen molar-refractivity contribution in [2.24, 2.45) is 0 Å². The summed E-state index contributed by atoms with van der Waals surface area (Å²) in [6, 6.07) is 3.71. The number of hydrogen-bond donors (Lipinski definition) is 1. The van der Waals surface area contributed by atoms with Crippen molar-refractivity contribution in [3.63, 3.8) is 0 Å². The van der Waals surface area contributed by atoms with E-state index in [2.05, 4.69) is 16.6 Å². The number of carbonyl (C=O) groups excluding carboxylic acids is 2. The van der Waals surface area contributed by atoms with Crippen LogP contribution < -0.4 is 10.1 Å². The lowest BCUT2D eigenvalue weighted by atomic mass is 10.3. The van der Waals surface area contributed by atoms with Crippen molar-refractivity contribution in [2.45, 2.75) is 18.9 Å². The van der Waals surface area contributed by atoms with Crippen LogP contribution in [-0.2, 0) is 14.3 Å². The summed E-state index contributed by atoms with van der Waals surface area (Å²) in [5.41, 5.74) is 0.253. The molecule has 0 aliphatic carbocycles. The van der Waals surface area contributed by atoms with Crippen LogP contribution in [0.5, 0.6) is 5.75 Å². The molecule has 1 heterocycles. The largest absolute Gasteiger partial charge is 0.522 e. The van der Waals surface area contributed by atoms with E-state index >= 15 is 0 Å². The van der Waals surface area contributed by atoms with E-state index in [1.54, 1.807) is 0 Å². The van der Waals surface area contributed by atoms with Gasteiger partial charge in [0.2, 0.25) is 0 Å². The minimum Gasteiger partial charge on any atom is -0.484 e. The second-order valence-electron chi connectivity index (χ2n) is 5.97. The molecule has 2 amide bonds. The Balaban J connectivity index is 1.68. The standard InChI is InChI=1S/C17H17ClF4N2O5/c1-10(23-15(25)9-27-11-2-3-13(18)14(19)6-11)4-5-24-7-12(29-16(24)26)8-28-17(20,21)22/h2-3,6,12H,1,4-5,7-9H2,(H,23,25). The molecule has 29 heavy (non-hydrogen) atoms. The van der Waals surface area contributed by atoms with Crippen molar-refractivity contribution < 1.29 is 41.4 Å². The molecule has 1 aromatic carbocycles. The van der Waals surface area contributed by atoms with Gasteiger partial charge in [0.1, 0.15) is 17.7 Å². The number of alkyl halides is 3. The molecule has 1 saturated heterocycles. The monoisotopic (exact) mass is 440 g/mol. The van der Waals surface area contributed by atoms with Crippen molar-refractivity contribution in [2.75, 3.05) is 26.3 Å². The molecule has 1 aliphatic heterocycles. The molecule has 0 radical (unpaired) electrons. The zero-order valence-corrected chi connectivity index (χ0v) is 15.7. The minimum absolute atomic E-state index is 0.0731. The van der Waals surface area contributed by atoms with Crippen LogP contribution >= 0.6 is 11.6 Å². The summed E-state index contributed by atoms with van der Waals surface area (Å²) in [5, 5.41) is 2.36. The first kappa shape index (κ1) is 22.8. The summed E-state index contributed by atoms with van der Waals surface area (Å²) < 4.78 is 62.9. The van der Waals surface area contributed by atoms with E-state index in [0.29, 0.717) is 0 Å².